The van der Waals surface area contributed by atoms with Gasteiger partial charge in [-0.3, -0.25) is 9.48 Å². The number of anilines is 1. The molecule has 0 saturated heterocycles. The van der Waals surface area contributed by atoms with Crippen molar-refractivity contribution in [3.8, 4) is 0 Å². The van der Waals surface area contributed by atoms with Gasteiger partial charge in [-0.15, -0.1) is 0 Å². The van der Waals surface area contributed by atoms with Crippen LogP contribution in [-0.4, -0.2) is 49.0 Å². The van der Waals surface area contributed by atoms with E-state index in [9.17, 15) is 14.3 Å². The number of nitrogens with zero attached hydrogens (tertiary/aromatic N) is 4. The van der Waals surface area contributed by atoms with E-state index < -0.39 is 24.1 Å². The van der Waals surface area contributed by atoms with Crippen molar-refractivity contribution in [2.24, 2.45) is 0 Å². The van der Waals surface area contributed by atoms with Gasteiger partial charge in [0.15, 0.2) is 0 Å². The molecule has 3 atom stereocenters. The third-order valence-electron chi connectivity index (χ3n) is 4.83. The maximum absolute atomic E-state index is 14.1. The summed E-state index contributed by atoms with van der Waals surface area (Å²) in [4.78, 5) is 21.0. The van der Waals surface area contributed by atoms with Gasteiger partial charge in [0.25, 0.3) is 0 Å². The quantitative estimate of drug-likeness (QED) is 0.561. The molecular formula is C20H17Cl2FN5O2. The number of hydrogen-bond acceptors (Lipinski definition) is 6. The highest BCUT2D eigenvalue weighted by atomic mass is 35.5. The molecule has 0 aliphatic heterocycles. The summed E-state index contributed by atoms with van der Waals surface area (Å²) in [6.07, 6.45) is 3.44. The van der Waals surface area contributed by atoms with Gasteiger partial charge in [0.05, 0.1) is 24.3 Å². The topological polar surface area (TPSA) is 92.9 Å². The standard InChI is InChI=1S/C20H17Cl2FN5O2/c21-12-1-2-14(22)11(7-12)9-28-6-5-16(27-28)19(30)13-8-24-10-25-20(13)26-15-3-4-17(29)18(15)23/h1-2,4-8,10,15,17-18,29H,3,9H2,(H,24,25,26)/t15-,17-,18-/m1/s1. The van der Waals surface area contributed by atoms with Crippen molar-refractivity contribution >= 4 is 34.8 Å². The second kappa shape index (κ2) is 8.67. The molecular weight excluding hydrogens is 432 g/mol. The van der Waals surface area contributed by atoms with E-state index in [0.29, 0.717) is 23.0 Å². The smallest absolute Gasteiger partial charge is 0.218 e. The average Bonchev–Trinajstić information content (AvgIpc) is 3.33. The lowest BCUT2D eigenvalue weighted by Crippen LogP contribution is -2.31. The maximum atomic E-state index is 14.1. The largest absolute Gasteiger partial charge is 0.390 e. The van der Waals surface area contributed by atoms with Crippen LogP contribution in [0.4, 0.5) is 10.2 Å². The number of rotatable bonds is 6. The molecule has 3 aromatic rings. The minimum absolute atomic E-state index is 0.164. The van der Waals surface area contributed by atoms with Gasteiger partial charge in [0.1, 0.15) is 24.0 Å². The Morgan fingerprint density at radius 2 is 2.17 bits per heavy atom. The minimum Gasteiger partial charge on any atom is -0.390 e. The van der Waals surface area contributed by atoms with Crippen LogP contribution in [-0.2, 0) is 6.54 Å². The Bertz CT molecular complexity index is 1080. The van der Waals surface area contributed by atoms with Crippen molar-refractivity contribution in [1.82, 2.24) is 19.7 Å². The first-order chi connectivity index (χ1) is 14.4. The third kappa shape index (κ3) is 4.30. The fourth-order valence-corrected chi connectivity index (χ4v) is 3.63. The maximum Gasteiger partial charge on any atom is 0.218 e. The van der Waals surface area contributed by atoms with Crippen LogP contribution in [0.2, 0.25) is 10.0 Å². The molecule has 1 saturated carbocycles. The number of benzene rings is 1. The van der Waals surface area contributed by atoms with E-state index in [4.69, 9.17) is 23.2 Å². The highest BCUT2D eigenvalue weighted by Gasteiger charge is 2.36. The summed E-state index contributed by atoms with van der Waals surface area (Å²) in [5.41, 5.74) is 1.11. The molecule has 4 rings (SSSR count). The normalized spacial score (nSPS) is 21.0. The second-order valence-corrected chi connectivity index (χ2v) is 7.75. The molecule has 155 valence electrons. The molecule has 2 aromatic heterocycles. The summed E-state index contributed by atoms with van der Waals surface area (Å²) in [5.74, 6) is -0.218. The Hall–Kier alpha value is -2.55. The molecule has 7 nitrogen and oxygen atoms in total. The molecule has 0 amide bonds. The first-order valence-electron chi connectivity index (χ1n) is 9.16. The summed E-state index contributed by atoms with van der Waals surface area (Å²) in [7, 11) is 0. The zero-order valence-electron chi connectivity index (χ0n) is 15.5. The SMILES string of the molecule is O=C(c1ccn(Cc2cc(Cl)ccc2Cl)n1)c1cncnc1N[C@@H]1C[CH][C@@H](O)[C@@H]1F. The van der Waals surface area contributed by atoms with Gasteiger partial charge in [-0.2, -0.15) is 5.10 Å². The van der Waals surface area contributed by atoms with Crippen molar-refractivity contribution in [3.63, 3.8) is 0 Å². The van der Waals surface area contributed by atoms with Gasteiger partial charge in [0.2, 0.25) is 5.78 Å². The van der Waals surface area contributed by atoms with E-state index in [1.807, 2.05) is 0 Å². The van der Waals surface area contributed by atoms with Crippen LogP contribution in [0, 0.1) is 6.42 Å². The number of alkyl halides is 1. The minimum atomic E-state index is -1.48. The van der Waals surface area contributed by atoms with E-state index >= 15 is 0 Å². The van der Waals surface area contributed by atoms with Gasteiger partial charge in [0, 0.05) is 22.4 Å². The fourth-order valence-electron chi connectivity index (χ4n) is 3.26. The number of nitrogens with one attached hydrogen (secondary N) is 1. The molecule has 0 unspecified atom stereocenters. The average molecular weight is 449 g/mol. The predicted molar refractivity (Wildman–Crippen MR) is 110 cm³/mol. The Labute approximate surface area is 181 Å². The molecule has 1 aliphatic carbocycles. The van der Waals surface area contributed by atoms with Crippen molar-refractivity contribution in [3.05, 3.63) is 76.3 Å². The predicted octanol–water partition coefficient (Wildman–Crippen LogP) is 3.35. The van der Waals surface area contributed by atoms with Gasteiger partial charge < -0.3 is 10.4 Å². The molecule has 1 radical (unpaired) electrons. The number of hydrogen-bond donors (Lipinski definition) is 2. The molecule has 2 N–H and O–H groups in total. The van der Waals surface area contributed by atoms with E-state index in [1.165, 1.54) is 18.9 Å². The van der Waals surface area contributed by atoms with Gasteiger partial charge in [-0.05, 0) is 42.7 Å². The number of ketones is 1. The third-order valence-corrected chi connectivity index (χ3v) is 5.44. The fraction of sp³-hybridized carbons (Fsp3) is 0.250. The summed E-state index contributed by atoms with van der Waals surface area (Å²) >= 11 is 12.2. The van der Waals surface area contributed by atoms with Crippen LogP contribution in [0.25, 0.3) is 0 Å². The lowest BCUT2D eigenvalue weighted by Gasteiger charge is -2.18. The van der Waals surface area contributed by atoms with E-state index in [-0.39, 0.29) is 17.1 Å². The van der Waals surface area contributed by atoms with E-state index in [0.717, 1.165) is 5.56 Å². The Balaban J connectivity index is 1.54. The molecule has 2 heterocycles. The van der Waals surface area contributed by atoms with Gasteiger partial charge in [-0.1, -0.05) is 23.2 Å². The van der Waals surface area contributed by atoms with Crippen molar-refractivity contribution in [2.45, 2.75) is 31.3 Å². The van der Waals surface area contributed by atoms with Crippen molar-refractivity contribution in [1.29, 1.82) is 0 Å². The first-order valence-corrected chi connectivity index (χ1v) is 9.92. The second-order valence-electron chi connectivity index (χ2n) is 6.91. The van der Waals surface area contributed by atoms with E-state index in [1.54, 1.807) is 35.1 Å². The number of aliphatic hydroxyl groups excluding tert-OH is 1. The Kier molecular flexibility index (Phi) is 5.99. The lowest BCUT2D eigenvalue weighted by atomic mass is 10.1. The summed E-state index contributed by atoms with van der Waals surface area (Å²) in [5, 5.41) is 17.9. The monoisotopic (exact) mass is 448 g/mol. The Morgan fingerprint density at radius 1 is 1.33 bits per heavy atom. The van der Waals surface area contributed by atoms with Crippen LogP contribution in [0.3, 0.4) is 0 Å². The number of aliphatic hydroxyl groups is 1. The Morgan fingerprint density at radius 3 is 2.93 bits per heavy atom. The first kappa shape index (κ1) is 20.7. The molecule has 0 spiro atoms. The molecule has 1 aliphatic rings. The zero-order valence-corrected chi connectivity index (χ0v) is 17.1. The van der Waals surface area contributed by atoms with Gasteiger partial charge in [-0.25, -0.2) is 14.4 Å². The van der Waals surface area contributed by atoms with E-state index in [2.05, 4.69) is 20.4 Å². The van der Waals surface area contributed by atoms with Gasteiger partial charge >= 0.3 is 0 Å². The lowest BCUT2D eigenvalue weighted by molar-refractivity contribution is 0.103. The zero-order chi connectivity index (χ0) is 21.3. The van der Waals surface area contributed by atoms with Crippen LogP contribution in [0.1, 0.15) is 28.0 Å². The molecule has 1 aromatic carbocycles. The number of aromatic nitrogens is 4. The summed E-state index contributed by atoms with van der Waals surface area (Å²) in [6, 6.07) is 6.02. The molecule has 10 heteroatoms. The highest BCUT2D eigenvalue weighted by molar-refractivity contribution is 6.33. The molecule has 0 bridgehead atoms. The summed E-state index contributed by atoms with van der Waals surface area (Å²) < 4.78 is 15.7. The number of halogens is 3. The summed E-state index contributed by atoms with van der Waals surface area (Å²) in [6.45, 7) is 0.336. The number of carbonyl (C=O) groups is 1. The highest BCUT2D eigenvalue weighted by Crippen LogP contribution is 2.26. The van der Waals surface area contributed by atoms with Crippen LogP contribution >= 0.6 is 23.2 Å². The van der Waals surface area contributed by atoms with Crippen molar-refractivity contribution in [2.75, 3.05) is 5.32 Å². The van der Waals surface area contributed by atoms with Crippen LogP contribution < -0.4 is 5.32 Å². The van der Waals surface area contributed by atoms with Crippen LogP contribution in [0.5, 0.6) is 0 Å². The molecule has 30 heavy (non-hydrogen) atoms. The van der Waals surface area contributed by atoms with Crippen molar-refractivity contribution < 1.29 is 14.3 Å². The number of carbonyl (C=O) groups excluding carboxylic acids is 1. The molecule has 1 fully saturated rings. The van der Waals surface area contributed by atoms with Crippen LogP contribution in [0.15, 0.2) is 43.0 Å².